The highest BCUT2D eigenvalue weighted by atomic mass is 16.6. The van der Waals surface area contributed by atoms with Gasteiger partial charge in [0.15, 0.2) is 23.9 Å². The van der Waals surface area contributed by atoms with Gasteiger partial charge >= 0.3 is 0 Å². The van der Waals surface area contributed by atoms with E-state index < -0.39 is 24.5 Å². The van der Waals surface area contributed by atoms with Gasteiger partial charge in [-0.2, -0.15) is 0 Å². The minimum atomic E-state index is -2.68. The molecule has 2 unspecified atom stereocenters. The maximum Gasteiger partial charge on any atom is 0.250 e. The second kappa shape index (κ2) is 17.0. The van der Waals surface area contributed by atoms with Gasteiger partial charge in [0.1, 0.15) is 6.61 Å². The van der Waals surface area contributed by atoms with Gasteiger partial charge in [-0.15, -0.1) is 13.2 Å². The molecule has 0 aliphatic heterocycles. The lowest BCUT2D eigenvalue weighted by Crippen LogP contribution is -2.53. The highest BCUT2D eigenvalue weighted by molar-refractivity contribution is 5.39. The summed E-state index contributed by atoms with van der Waals surface area (Å²) < 4.78 is 10.1. The Labute approximate surface area is 195 Å². The Morgan fingerprint density at radius 3 is 1.67 bits per heavy atom. The van der Waals surface area contributed by atoms with Crippen molar-refractivity contribution in [1.82, 2.24) is 0 Å². The molecule has 0 saturated carbocycles. The van der Waals surface area contributed by atoms with E-state index in [1.165, 1.54) is 14.0 Å². The molecule has 188 valence electrons. The number of benzene rings is 2. The summed E-state index contributed by atoms with van der Waals surface area (Å²) >= 11 is 0. The molecule has 0 spiro atoms. The minimum Gasteiger partial charge on any atom is -0.493 e. The van der Waals surface area contributed by atoms with E-state index in [1.54, 1.807) is 24.3 Å². The Morgan fingerprint density at radius 1 is 0.909 bits per heavy atom. The van der Waals surface area contributed by atoms with Crippen LogP contribution in [-0.4, -0.2) is 62.6 Å². The Kier molecular flexibility index (Phi) is 16.8. The normalized spacial score (nSPS) is 12.0. The van der Waals surface area contributed by atoms with Crippen LogP contribution in [0, 0.1) is 13.8 Å². The number of hydrogen-bond donors (Lipinski definition) is 8. The highest BCUT2D eigenvalue weighted by Gasteiger charge is 2.28. The number of rotatable bonds is 6. The van der Waals surface area contributed by atoms with Gasteiger partial charge < -0.3 is 45.8 Å². The molecule has 0 bridgehead atoms. The molecule has 2 rings (SSSR count). The Hall–Kier alpha value is -2.54. The summed E-state index contributed by atoms with van der Waals surface area (Å²) in [5, 5.41) is 52.7. The van der Waals surface area contributed by atoms with E-state index >= 15 is 0 Å². The van der Waals surface area contributed by atoms with Crippen LogP contribution in [0.2, 0.25) is 0 Å². The van der Waals surface area contributed by atoms with Gasteiger partial charge in [-0.3, -0.25) is 5.73 Å². The lowest BCUT2D eigenvalue weighted by atomic mass is 10.0. The summed E-state index contributed by atoms with van der Waals surface area (Å²) in [4.78, 5) is 0. The van der Waals surface area contributed by atoms with Crippen molar-refractivity contribution in [2.24, 2.45) is 11.5 Å². The molecule has 0 fully saturated rings. The molecule has 0 aliphatic rings. The van der Waals surface area contributed by atoms with Crippen molar-refractivity contribution in [1.29, 1.82) is 0 Å². The average Bonchev–Trinajstić information content (AvgIpc) is 2.72. The molecule has 10 N–H and O–H groups in total. The number of aliphatic hydroxyl groups is 6. The van der Waals surface area contributed by atoms with Crippen LogP contribution in [0.3, 0.4) is 0 Å². The van der Waals surface area contributed by atoms with Crippen LogP contribution in [0.15, 0.2) is 55.6 Å². The molecule has 10 nitrogen and oxygen atoms in total. The molecule has 2 aromatic rings. The number of hydrogen-bond acceptors (Lipinski definition) is 10. The van der Waals surface area contributed by atoms with Crippen LogP contribution in [0.1, 0.15) is 29.9 Å². The van der Waals surface area contributed by atoms with Crippen LogP contribution in [-0.2, 0) is 0 Å². The summed E-state index contributed by atoms with van der Waals surface area (Å²) in [7, 11) is 1.48. The quantitative estimate of drug-likeness (QED) is 0.216. The van der Waals surface area contributed by atoms with E-state index in [1.807, 2.05) is 32.0 Å². The van der Waals surface area contributed by atoms with Crippen molar-refractivity contribution < 1.29 is 40.1 Å². The molecule has 0 aliphatic carbocycles. The summed E-state index contributed by atoms with van der Waals surface area (Å²) in [5.41, 5.74) is 12.0. The number of aryl methyl sites for hydroxylation is 2. The minimum absolute atomic E-state index is 0.357. The van der Waals surface area contributed by atoms with Gasteiger partial charge in [0.2, 0.25) is 0 Å². The summed E-state index contributed by atoms with van der Waals surface area (Å²) in [6.45, 7) is 10.9. The van der Waals surface area contributed by atoms with Crippen molar-refractivity contribution >= 4 is 0 Å². The van der Waals surface area contributed by atoms with Gasteiger partial charge in [0.05, 0.1) is 13.3 Å². The van der Waals surface area contributed by atoms with E-state index in [0.29, 0.717) is 17.1 Å². The third-order valence-electron chi connectivity index (χ3n) is 3.76. The number of ether oxygens (including phenoxy) is 2. The third kappa shape index (κ3) is 14.3. The molecule has 2 atom stereocenters. The SMILES string of the molecule is C=C.CC(N)O.COc1ccccc1OCC(O)C(N)(O)O.Cc1cccc(C)c1C(O)O. The molecule has 33 heavy (non-hydrogen) atoms. The van der Waals surface area contributed by atoms with E-state index in [2.05, 4.69) is 18.9 Å². The molecule has 0 saturated heterocycles. The molecular formula is C23H38N2O8. The van der Waals surface area contributed by atoms with E-state index in [-0.39, 0.29) is 6.61 Å². The second-order valence-corrected chi connectivity index (χ2v) is 6.68. The maximum absolute atomic E-state index is 9.22. The highest BCUT2D eigenvalue weighted by Crippen LogP contribution is 2.26. The summed E-state index contributed by atoms with van der Waals surface area (Å²) in [6.07, 6.45) is -3.63. The van der Waals surface area contributed by atoms with Crippen LogP contribution in [0.25, 0.3) is 0 Å². The fourth-order valence-electron chi connectivity index (χ4n) is 2.26. The van der Waals surface area contributed by atoms with Gasteiger partial charge in [0.25, 0.3) is 5.91 Å². The summed E-state index contributed by atoms with van der Waals surface area (Å²) in [5.74, 6) is -1.82. The molecule has 2 aromatic carbocycles. The number of methoxy groups -OCH3 is 1. The van der Waals surface area contributed by atoms with Gasteiger partial charge in [-0.05, 0) is 44.0 Å². The van der Waals surface area contributed by atoms with Crippen molar-refractivity contribution in [2.45, 2.75) is 45.3 Å². The first-order chi connectivity index (χ1) is 15.3. The zero-order chi connectivity index (χ0) is 26.2. The maximum atomic E-state index is 9.22. The monoisotopic (exact) mass is 470 g/mol. The summed E-state index contributed by atoms with van der Waals surface area (Å²) in [6, 6.07) is 12.4. The number of aliphatic hydroxyl groups excluding tert-OH is 3. The van der Waals surface area contributed by atoms with E-state index in [0.717, 1.165) is 11.1 Å². The molecular weight excluding hydrogens is 432 g/mol. The third-order valence-corrected chi connectivity index (χ3v) is 3.76. The van der Waals surface area contributed by atoms with Gasteiger partial charge in [-0.25, -0.2) is 0 Å². The topological polar surface area (TPSA) is 192 Å². The van der Waals surface area contributed by atoms with Crippen molar-refractivity contribution in [2.75, 3.05) is 13.7 Å². The number of nitrogens with two attached hydrogens (primary N) is 2. The predicted octanol–water partition coefficient (Wildman–Crippen LogP) is 0.404. The molecule has 0 radical (unpaired) electrons. The predicted molar refractivity (Wildman–Crippen MR) is 126 cm³/mol. The van der Waals surface area contributed by atoms with Crippen LogP contribution >= 0.6 is 0 Å². The zero-order valence-electron chi connectivity index (χ0n) is 19.5. The smallest absolute Gasteiger partial charge is 0.250 e. The van der Waals surface area contributed by atoms with Crippen molar-refractivity contribution in [3.63, 3.8) is 0 Å². The van der Waals surface area contributed by atoms with Gasteiger partial charge in [0, 0.05) is 5.56 Å². The van der Waals surface area contributed by atoms with Crippen LogP contribution in [0.4, 0.5) is 0 Å². The van der Waals surface area contributed by atoms with Crippen molar-refractivity contribution in [3.05, 3.63) is 72.3 Å². The standard InChI is InChI=1S/C10H15NO5.C9H12O2.C2H7NO.C2H4/c1-15-7-4-2-3-5-8(7)16-6-9(12)10(11,13)14;1-6-4-3-5-7(2)8(6)9(10)11;1-2(3)4;1-2/h2-5,9,12-14H,6,11H2,1H3;3-5,9-11H,1-2H3;2,4H,3H2,1H3;1-2H2. The van der Waals surface area contributed by atoms with E-state index in [9.17, 15) is 5.11 Å². The Balaban J connectivity index is 0. The zero-order valence-corrected chi connectivity index (χ0v) is 19.5. The van der Waals surface area contributed by atoms with Crippen LogP contribution in [0.5, 0.6) is 11.5 Å². The largest absolute Gasteiger partial charge is 0.493 e. The first-order valence-corrected chi connectivity index (χ1v) is 9.84. The van der Waals surface area contributed by atoms with E-state index in [4.69, 9.17) is 40.7 Å². The van der Waals surface area contributed by atoms with Crippen LogP contribution < -0.4 is 20.9 Å². The van der Waals surface area contributed by atoms with Crippen molar-refractivity contribution in [3.8, 4) is 11.5 Å². The average molecular weight is 471 g/mol. The molecule has 0 aromatic heterocycles. The fraction of sp³-hybridized carbons (Fsp3) is 0.391. The molecule has 10 heteroatoms. The Bertz CT molecular complexity index is 756. The number of para-hydroxylation sites is 2. The fourth-order valence-corrected chi connectivity index (χ4v) is 2.26. The molecule has 0 amide bonds. The second-order valence-electron chi connectivity index (χ2n) is 6.68. The lowest BCUT2D eigenvalue weighted by molar-refractivity contribution is -0.226. The first-order valence-electron chi connectivity index (χ1n) is 9.84. The lowest BCUT2D eigenvalue weighted by Gasteiger charge is -2.22. The Morgan fingerprint density at radius 2 is 1.33 bits per heavy atom. The first kappa shape index (κ1) is 32.6. The van der Waals surface area contributed by atoms with Gasteiger partial charge in [-0.1, -0.05) is 30.3 Å². The molecule has 0 heterocycles.